The van der Waals surface area contributed by atoms with Crippen LogP contribution in [0.5, 0.6) is 0 Å². The number of amides is 1. The molecule has 29 heavy (non-hydrogen) atoms. The lowest BCUT2D eigenvalue weighted by Crippen LogP contribution is -2.67. The van der Waals surface area contributed by atoms with Gasteiger partial charge < -0.3 is 19.6 Å². The fraction of sp³-hybridized carbons (Fsp3) is 0.727. The number of hydrogen-bond donors (Lipinski definition) is 2. The molecule has 3 aliphatic rings. The molecule has 3 heterocycles. The number of nitrogens with zero attached hydrogens (tertiary/aromatic N) is 3. The number of likely N-dealkylation sites (tertiary alicyclic amines) is 2. The van der Waals surface area contributed by atoms with Gasteiger partial charge >= 0.3 is 0 Å². The van der Waals surface area contributed by atoms with Crippen LogP contribution in [0.3, 0.4) is 0 Å². The van der Waals surface area contributed by atoms with Crippen molar-refractivity contribution in [3.8, 4) is 0 Å². The monoisotopic (exact) mass is 419 g/mol. The Morgan fingerprint density at radius 1 is 1.28 bits per heavy atom. The van der Waals surface area contributed by atoms with Gasteiger partial charge in [0.2, 0.25) is 5.91 Å². The number of pyridine rings is 1. The maximum atomic E-state index is 11.8. The summed E-state index contributed by atoms with van der Waals surface area (Å²) >= 11 is 0. The Hall–Kier alpha value is -1.07. The molecule has 0 radical (unpaired) electrons. The van der Waals surface area contributed by atoms with Gasteiger partial charge in [-0.2, -0.15) is 0 Å². The zero-order chi connectivity index (χ0) is 20.8. The zero-order valence-corrected chi connectivity index (χ0v) is 18.7. The summed E-state index contributed by atoms with van der Waals surface area (Å²) < 4.78 is 0. The highest BCUT2D eigenvalue weighted by Gasteiger charge is 2.54. The average molecular weight is 420 g/mol. The van der Waals surface area contributed by atoms with Crippen LogP contribution in [0.15, 0.2) is 12.3 Å². The molecule has 3 fully saturated rings. The van der Waals surface area contributed by atoms with Crippen molar-refractivity contribution in [3.63, 3.8) is 0 Å². The second kappa shape index (κ2) is 8.22. The van der Waals surface area contributed by atoms with Crippen LogP contribution in [0.4, 0.5) is 0 Å². The van der Waals surface area contributed by atoms with Gasteiger partial charge in [-0.15, -0.1) is 0 Å². The van der Waals surface area contributed by atoms with E-state index in [-0.39, 0.29) is 5.92 Å². The molecule has 1 amide bonds. The Balaban J connectivity index is 1.31. The van der Waals surface area contributed by atoms with E-state index in [1.165, 1.54) is 12.8 Å². The van der Waals surface area contributed by atoms with Gasteiger partial charge in [0.15, 0.2) is 8.38 Å². The first-order valence-corrected chi connectivity index (χ1v) is 12.3. The van der Waals surface area contributed by atoms with Crippen molar-refractivity contribution in [2.75, 3.05) is 26.2 Å². The third-order valence-electron chi connectivity index (χ3n) is 7.27. The Labute approximate surface area is 175 Å². The number of hydrogen-bond acceptors (Lipinski definition) is 5. The summed E-state index contributed by atoms with van der Waals surface area (Å²) in [5.41, 5.74) is 2.36. The van der Waals surface area contributed by atoms with E-state index < -0.39 is 8.38 Å². The molecule has 7 heteroatoms. The highest BCUT2D eigenvalue weighted by atomic mass is 31.2. The van der Waals surface area contributed by atoms with Crippen LogP contribution in [-0.2, 0) is 4.79 Å². The largest absolute Gasteiger partial charge is 0.347 e. The topological polar surface area (TPSA) is 76.9 Å². The lowest BCUT2D eigenvalue weighted by molar-refractivity contribution is -0.157. The second-order valence-electron chi connectivity index (χ2n) is 9.59. The lowest BCUT2D eigenvalue weighted by Gasteiger charge is -2.61. The van der Waals surface area contributed by atoms with Crippen LogP contribution in [0.2, 0.25) is 0 Å². The lowest BCUT2D eigenvalue weighted by atomic mass is 9.60. The van der Waals surface area contributed by atoms with Crippen molar-refractivity contribution >= 4 is 19.6 Å². The summed E-state index contributed by atoms with van der Waals surface area (Å²) in [6.07, 6.45) is 7.04. The number of rotatable bonds is 5. The van der Waals surface area contributed by atoms with Gasteiger partial charge in [0.1, 0.15) is 0 Å². The molecule has 4 rings (SSSR count). The van der Waals surface area contributed by atoms with Crippen LogP contribution < -0.4 is 5.30 Å². The third kappa shape index (κ3) is 4.10. The molecule has 0 unspecified atom stereocenters. The van der Waals surface area contributed by atoms with E-state index in [9.17, 15) is 14.6 Å². The molecule has 1 aromatic rings. The first kappa shape index (κ1) is 21.2. The number of carbonyl (C=O) groups excluding carboxylic acids is 1. The summed E-state index contributed by atoms with van der Waals surface area (Å²) in [5.74, 6) is 0.927. The van der Waals surface area contributed by atoms with Crippen LogP contribution in [0.25, 0.3) is 0 Å². The molecule has 1 aromatic heterocycles. The molecule has 6 nitrogen and oxygen atoms in total. The van der Waals surface area contributed by atoms with Crippen molar-refractivity contribution in [1.82, 2.24) is 14.8 Å². The fourth-order valence-corrected chi connectivity index (χ4v) is 6.19. The van der Waals surface area contributed by atoms with Crippen LogP contribution >= 0.6 is 8.38 Å². The molecule has 1 saturated carbocycles. The van der Waals surface area contributed by atoms with Crippen molar-refractivity contribution in [1.29, 1.82) is 0 Å². The molecule has 1 aliphatic carbocycles. The van der Waals surface area contributed by atoms with E-state index in [2.05, 4.69) is 23.7 Å². The van der Waals surface area contributed by atoms with Gasteiger partial charge in [0.05, 0.1) is 0 Å². The van der Waals surface area contributed by atoms with Gasteiger partial charge in [-0.1, -0.05) is 20.8 Å². The molecule has 0 atom stereocenters. The molecule has 160 valence electrons. The maximum absolute atomic E-state index is 11.8. The highest BCUT2D eigenvalue weighted by Crippen LogP contribution is 2.51. The van der Waals surface area contributed by atoms with Crippen molar-refractivity contribution in [2.24, 2.45) is 5.41 Å². The molecule has 0 aromatic carbocycles. The predicted molar refractivity (Wildman–Crippen MR) is 115 cm³/mol. The van der Waals surface area contributed by atoms with Gasteiger partial charge in [0, 0.05) is 48.2 Å². The van der Waals surface area contributed by atoms with Crippen molar-refractivity contribution in [2.45, 2.75) is 70.8 Å². The Morgan fingerprint density at radius 2 is 1.93 bits per heavy atom. The van der Waals surface area contributed by atoms with Gasteiger partial charge in [0.25, 0.3) is 0 Å². The first-order chi connectivity index (χ1) is 13.8. The minimum atomic E-state index is -2.10. The van der Waals surface area contributed by atoms with Crippen LogP contribution in [0.1, 0.15) is 76.0 Å². The van der Waals surface area contributed by atoms with Crippen LogP contribution in [0, 0.1) is 5.41 Å². The van der Waals surface area contributed by atoms with E-state index >= 15 is 0 Å². The number of piperidine rings is 1. The van der Waals surface area contributed by atoms with Crippen molar-refractivity contribution in [3.05, 3.63) is 23.5 Å². The SMILES string of the molecule is CCC(=O)N1CC2(CC(N3CCC(c4cnc(C(C)C)cc4P(O)O)CC3)C2)C1. The Kier molecular flexibility index (Phi) is 6.00. The average Bonchev–Trinajstić information content (AvgIpc) is 2.65. The summed E-state index contributed by atoms with van der Waals surface area (Å²) in [7, 11) is -2.10. The van der Waals surface area contributed by atoms with Crippen molar-refractivity contribution < 1.29 is 14.6 Å². The quantitative estimate of drug-likeness (QED) is 0.718. The number of aromatic nitrogens is 1. The fourth-order valence-electron chi connectivity index (χ4n) is 5.47. The Bertz CT molecular complexity index is 748. The molecule has 1 spiro atoms. The molecular formula is C22H34N3O3P. The molecule has 2 N–H and O–H groups in total. The molecular weight excluding hydrogens is 385 g/mol. The van der Waals surface area contributed by atoms with Gasteiger partial charge in [-0.3, -0.25) is 9.78 Å². The van der Waals surface area contributed by atoms with Crippen LogP contribution in [-0.4, -0.2) is 62.7 Å². The minimum Gasteiger partial charge on any atom is -0.347 e. The molecule has 2 saturated heterocycles. The summed E-state index contributed by atoms with van der Waals surface area (Å²) in [6, 6.07) is 2.55. The van der Waals surface area contributed by atoms with E-state index in [1.807, 2.05) is 24.1 Å². The predicted octanol–water partition coefficient (Wildman–Crippen LogP) is 2.71. The van der Waals surface area contributed by atoms with Gasteiger partial charge in [-0.25, -0.2) is 0 Å². The van der Waals surface area contributed by atoms with E-state index in [0.29, 0.717) is 35.0 Å². The third-order valence-corrected chi connectivity index (χ3v) is 8.09. The minimum absolute atomic E-state index is 0.278. The maximum Gasteiger partial charge on any atom is 0.222 e. The standard InChI is InChI=1S/C22H34N3O3P/c1-4-21(26)25-13-22(14-25)10-17(11-22)24-7-5-16(6-8-24)18-12-23-19(15(2)3)9-20(18)29(27)28/h9,12,15-17,27-28H,4-8,10-11,13-14H2,1-3H3. The first-order valence-electron chi connectivity index (χ1n) is 11.0. The van der Waals surface area contributed by atoms with Gasteiger partial charge in [-0.05, 0) is 62.2 Å². The van der Waals surface area contributed by atoms with E-state index in [4.69, 9.17) is 0 Å². The summed E-state index contributed by atoms with van der Waals surface area (Å²) in [6.45, 7) is 10.1. The zero-order valence-electron chi connectivity index (χ0n) is 17.8. The summed E-state index contributed by atoms with van der Waals surface area (Å²) in [5, 5.41) is 0.690. The molecule has 2 aliphatic heterocycles. The van der Waals surface area contributed by atoms with E-state index in [0.717, 1.165) is 50.3 Å². The number of carbonyl (C=O) groups is 1. The highest BCUT2D eigenvalue weighted by molar-refractivity contribution is 7.54. The Morgan fingerprint density at radius 3 is 2.48 bits per heavy atom. The molecule has 0 bridgehead atoms. The second-order valence-corrected chi connectivity index (χ2v) is 10.6. The van der Waals surface area contributed by atoms with E-state index in [1.54, 1.807) is 0 Å². The summed E-state index contributed by atoms with van der Waals surface area (Å²) in [4.78, 5) is 40.9. The normalized spacial score (nSPS) is 22.9. The smallest absolute Gasteiger partial charge is 0.222 e.